The standard InChI is InChI=1S/C36H42O2S/c1-3-5-7-9-11-29-13-17-31(18-14-29)37-33-21-25-35(26-22-33)39-36-27-23-34(24-28-36)38-32-19-15-30(16-20-32)12-10-8-6-4-2/h13-28H,3-12H2,1-2H3. The molecule has 0 aliphatic carbocycles. The van der Waals surface area contributed by atoms with Crippen molar-refractivity contribution in [1.82, 2.24) is 0 Å². The molecule has 0 amide bonds. The summed E-state index contributed by atoms with van der Waals surface area (Å²) in [7, 11) is 0. The van der Waals surface area contributed by atoms with Gasteiger partial charge in [-0.2, -0.15) is 0 Å². The van der Waals surface area contributed by atoms with Crippen molar-refractivity contribution >= 4 is 11.8 Å². The lowest BCUT2D eigenvalue weighted by atomic mass is 10.1. The maximum Gasteiger partial charge on any atom is 0.127 e. The van der Waals surface area contributed by atoms with Gasteiger partial charge in [0, 0.05) is 9.79 Å². The predicted molar refractivity (Wildman–Crippen MR) is 166 cm³/mol. The van der Waals surface area contributed by atoms with Crippen LogP contribution in [-0.2, 0) is 12.8 Å². The highest BCUT2D eigenvalue weighted by Crippen LogP contribution is 2.32. The van der Waals surface area contributed by atoms with E-state index in [2.05, 4.69) is 86.6 Å². The minimum Gasteiger partial charge on any atom is -0.457 e. The molecule has 39 heavy (non-hydrogen) atoms. The molecule has 0 aliphatic heterocycles. The fourth-order valence-corrected chi connectivity index (χ4v) is 5.34. The summed E-state index contributed by atoms with van der Waals surface area (Å²) in [4.78, 5) is 2.35. The Kier molecular flexibility index (Phi) is 11.9. The average Bonchev–Trinajstić information content (AvgIpc) is 2.97. The van der Waals surface area contributed by atoms with Crippen LogP contribution < -0.4 is 9.47 Å². The van der Waals surface area contributed by atoms with Gasteiger partial charge >= 0.3 is 0 Å². The molecule has 0 bridgehead atoms. The second kappa shape index (κ2) is 16.1. The molecule has 4 rings (SSSR count). The van der Waals surface area contributed by atoms with Gasteiger partial charge in [0.1, 0.15) is 23.0 Å². The molecule has 0 saturated heterocycles. The number of hydrogen-bond donors (Lipinski definition) is 0. The fraction of sp³-hybridized carbons (Fsp3) is 0.333. The van der Waals surface area contributed by atoms with E-state index in [0.717, 1.165) is 35.8 Å². The molecule has 0 N–H and O–H groups in total. The predicted octanol–water partition coefficient (Wildman–Crippen LogP) is 11.7. The summed E-state index contributed by atoms with van der Waals surface area (Å²) in [6.45, 7) is 4.50. The Labute approximate surface area is 239 Å². The Bertz CT molecular complexity index is 1110. The lowest BCUT2D eigenvalue weighted by Gasteiger charge is -2.09. The van der Waals surface area contributed by atoms with Gasteiger partial charge in [-0.25, -0.2) is 0 Å². The van der Waals surface area contributed by atoms with Crippen LogP contribution in [0.25, 0.3) is 0 Å². The van der Waals surface area contributed by atoms with Crippen LogP contribution in [0.15, 0.2) is 107 Å². The zero-order valence-electron chi connectivity index (χ0n) is 23.5. The van der Waals surface area contributed by atoms with Crippen LogP contribution in [0.1, 0.15) is 76.3 Å². The molecule has 2 nitrogen and oxygen atoms in total. The lowest BCUT2D eigenvalue weighted by Crippen LogP contribution is -1.88. The van der Waals surface area contributed by atoms with E-state index in [0.29, 0.717) is 0 Å². The van der Waals surface area contributed by atoms with Gasteiger partial charge in [-0.3, -0.25) is 0 Å². The van der Waals surface area contributed by atoms with E-state index >= 15 is 0 Å². The molecule has 3 heteroatoms. The largest absolute Gasteiger partial charge is 0.457 e. The summed E-state index contributed by atoms with van der Waals surface area (Å²) >= 11 is 1.73. The molecule has 204 valence electrons. The molecule has 0 aliphatic rings. The van der Waals surface area contributed by atoms with Gasteiger partial charge in [0.05, 0.1) is 0 Å². The van der Waals surface area contributed by atoms with Crippen LogP contribution in [0.2, 0.25) is 0 Å². The van der Waals surface area contributed by atoms with Gasteiger partial charge in [0.25, 0.3) is 0 Å². The highest BCUT2D eigenvalue weighted by molar-refractivity contribution is 7.99. The molecular formula is C36H42O2S. The van der Waals surface area contributed by atoms with Crippen molar-refractivity contribution in [3.8, 4) is 23.0 Å². The molecule has 0 atom stereocenters. The third-order valence-corrected chi connectivity index (χ3v) is 7.86. The summed E-state index contributed by atoms with van der Waals surface area (Å²) in [5.41, 5.74) is 2.76. The van der Waals surface area contributed by atoms with E-state index < -0.39 is 0 Å². The van der Waals surface area contributed by atoms with Crippen LogP contribution in [0.5, 0.6) is 23.0 Å². The Morgan fingerprint density at radius 1 is 0.410 bits per heavy atom. The maximum atomic E-state index is 6.06. The second-order valence-corrected chi connectivity index (χ2v) is 11.3. The molecule has 0 radical (unpaired) electrons. The monoisotopic (exact) mass is 538 g/mol. The topological polar surface area (TPSA) is 18.5 Å². The number of benzene rings is 4. The first-order valence-corrected chi connectivity index (χ1v) is 15.4. The Hall–Kier alpha value is -3.17. The Morgan fingerprint density at radius 3 is 1.08 bits per heavy atom. The van der Waals surface area contributed by atoms with Gasteiger partial charge in [0.15, 0.2) is 0 Å². The molecule has 4 aromatic carbocycles. The average molecular weight is 539 g/mol. The summed E-state index contributed by atoms with van der Waals surface area (Å²) in [6.07, 6.45) is 12.6. The zero-order valence-corrected chi connectivity index (χ0v) is 24.3. The first kappa shape index (κ1) is 28.8. The van der Waals surface area contributed by atoms with Gasteiger partial charge < -0.3 is 9.47 Å². The van der Waals surface area contributed by atoms with Crippen LogP contribution >= 0.6 is 11.8 Å². The minimum absolute atomic E-state index is 0.853. The van der Waals surface area contributed by atoms with Crippen molar-refractivity contribution in [2.75, 3.05) is 0 Å². The lowest BCUT2D eigenvalue weighted by molar-refractivity contribution is 0.482. The molecule has 4 aromatic rings. The molecule has 0 fully saturated rings. The van der Waals surface area contributed by atoms with Crippen molar-refractivity contribution in [2.24, 2.45) is 0 Å². The van der Waals surface area contributed by atoms with Crippen LogP contribution in [0, 0.1) is 0 Å². The van der Waals surface area contributed by atoms with Crippen molar-refractivity contribution < 1.29 is 9.47 Å². The SMILES string of the molecule is CCCCCCc1ccc(Oc2ccc(Sc3ccc(Oc4ccc(CCCCCC)cc4)cc3)cc2)cc1. The maximum absolute atomic E-state index is 6.06. The first-order valence-electron chi connectivity index (χ1n) is 14.6. The second-order valence-electron chi connectivity index (χ2n) is 10.2. The van der Waals surface area contributed by atoms with E-state index in [1.807, 2.05) is 24.3 Å². The number of unbranched alkanes of at least 4 members (excludes halogenated alkanes) is 6. The molecule has 0 heterocycles. The van der Waals surface area contributed by atoms with Crippen LogP contribution in [0.4, 0.5) is 0 Å². The highest BCUT2D eigenvalue weighted by Gasteiger charge is 2.04. The number of rotatable bonds is 16. The van der Waals surface area contributed by atoms with E-state index in [1.54, 1.807) is 11.8 Å². The van der Waals surface area contributed by atoms with Crippen molar-refractivity contribution in [3.05, 3.63) is 108 Å². The molecular weight excluding hydrogens is 496 g/mol. The normalized spacial score (nSPS) is 10.9. The molecule has 0 aromatic heterocycles. The van der Waals surface area contributed by atoms with E-state index in [4.69, 9.17) is 9.47 Å². The van der Waals surface area contributed by atoms with Crippen molar-refractivity contribution in [3.63, 3.8) is 0 Å². The van der Waals surface area contributed by atoms with E-state index in [-0.39, 0.29) is 0 Å². The van der Waals surface area contributed by atoms with E-state index in [9.17, 15) is 0 Å². The molecule has 0 spiro atoms. The molecule has 0 unspecified atom stereocenters. The smallest absolute Gasteiger partial charge is 0.127 e. The number of ether oxygens (including phenoxy) is 2. The summed E-state index contributed by atoms with van der Waals surface area (Å²) < 4.78 is 12.1. The molecule has 0 saturated carbocycles. The first-order chi connectivity index (χ1) is 19.2. The Balaban J connectivity index is 1.22. The summed E-state index contributed by atoms with van der Waals surface area (Å²) in [5.74, 6) is 3.46. The highest BCUT2D eigenvalue weighted by atomic mass is 32.2. The zero-order chi connectivity index (χ0) is 27.1. The number of aryl methyl sites for hydroxylation is 2. The van der Waals surface area contributed by atoms with Gasteiger partial charge in [-0.05, 0) is 110 Å². The van der Waals surface area contributed by atoms with Gasteiger partial charge in [-0.15, -0.1) is 0 Å². The van der Waals surface area contributed by atoms with Crippen molar-refractivity contribution in [1.29, 1.82) is 0 Å². The van der Waals surface area contributed by atoms with Gasteiger partial charge in [0.2, 0.25) is 0 Å². The van der Waals surface area contributed by atoms with E-state index in [1.165, 1.54) is 72.3 Å². The number of hydrogen-bond acceptors (Lipinski definition) is 3. The van der Waals surface area contributed by atoms with Crippen molar-refractivity contribution in [2.45, 2.75) is 87.8 Å². The third-order valence-electron chi connectivity index (χ3n) is 6.84. The van der Waals surface area contributed by atoms with Crippen LogP contribution in [-0.4, -0.2) is 0 Å². The van der Waals surface area contributed by atoms with Gasteiger partial charge in [-0.1, -0.05) is 88.4 Å². The quantitative estimate of drug-likeness (QED) is 0.132. The minimum atomic E-state index is 0.853. The van der Waals surface area contributed by atoms with Crippen LogP contribution in [0.3, 0.4) is 0 Å². The fourth-order valence-electron chi connectivity index (χ4n) is 4.52. The summed E-state index contributed by atoms with van der Waals surface area (Å²) in [5, 5.41) is 0. The Morgan fingerprint density at radius 2 is 0.744 bits per heavy atom. The third kappa shape index (κ3) is 10.1. The summed E-state index contributed by atoms with van der Waals surface area (Å²) in [6, 6.07) is 33.6.